The third-order valence-electron chi connectivity index (χ3n) is 5.94. The van der Waals surface area contributed by atoms with E-state index in [1.54, 1.807) is 19.5 Å². The summed E-state index contributed by atoms with van der Waals surface area (Å²) in [7, 11) is 1.62. The summed E-state index contributed by atoms with van der Waals surface area (Å²) in [6.45, 7) is 5.80. The summed E-state index contributed by atoms with van der Waals surface area (Å²) in [4.78, 5) is 19.5. The highest BCUT2D eigenvalue weighted by atomic mass is 16.5. The molecular weight excluding hydrogens is 388 g/mol. The lowest BCUT2D eigenvalue weighted by molar-refractivity contribution is 0.0935. The van der Waals surface area contributed by atoms with Crippen LogP contribution in [0, 0.1) is 12.8 Å². The van der Waals surface area contributed by atoms with Crippen molar-refractivity contribution in [3.8, 4) is 11.4 Å². The Hall–Kier alpha value is -3.12. The zero-order valence-corrected chi connectivity index (χ0v) is 18.3. The molecule has 1 saturated heterocycles. The fourth-order valence-electron chi connectivity index (χ4n) is 4.11. The minimum Gasteiger partial charge on any atom is -0.495 e. The van der Waals surface area contributed by atoms with E-state index in [0.29, 0.717) is 23.8 Å². The first-order valence-electron chi connectivity index (χ1n) is 10.9. The summed E-state index contributed by atoms with van der Waals surface area (Å²) >= 11 is 0. The van der Waals surface area contributed by atoms with Crippen molar-refractivity contribution in [3.63, 3.8) is 0 Å². The number of aryl methyl sites for hydroxylation is 1. The zero-order valence-electron chi connectivity index (χ0n) is 18.3. The minimum atomic E-state index is -0.0571. The number of methoxy groups -OCH3 is 1. The normalized spacial score (nSPS) is 15.0. The second-order valence-electron chi connectivity index (χ2n) is 8.22. The van der Waals surface area contributed by atoms with Crippen LogP contribution >= 0.6 is 0 Å². The Bertz CT molecular complexity index is 1010. The van der Waals surface area contributed by atoms with Crippen LogP contribution in [0.25, 0.3) is 5.69 Å². The van der Waals surface area contributed by atoms with E-state index in [4.69, 9.17) is 4.74 Å². The molecule has 31 heavy (non-hydrogen) atoms. The fourth-order valence-corrected chi connectivity index (χ4v) is 4.11. The van der Waals surface area contributed by atoms with Gasteiger partial charge in [-0.3, -0.25) is 9.69 Å². The molecule has 1 aliphatic heterocycles. The summed E-state index contributed by atoms with van der Waals surface area (Å²) in [6.07, 6.45) is 5.89. The number of carbonyl (C=O) groups excluding carboxylic acids is 1. The molecule has 1 amide bonds. The zero-order chi connectivity index (χ0) is 21.6. The van der Waals surface area contributed by atoms with Crippen LogP contribution in [0.1, 0.15) is 34.5 Å². The van der Waals surface area contributed by atoms with E-state index in [0.717, 1.165) is 43.9 Å². The van der Waals surface area contributed by atoms with Crippen LogP contribution in [0.5, 0.6) is 5.75 Å². The highest BCUT2D eigenvalue weighted by Crippen LogP contribution is 2.25. The molecule has 1 fully saturated rings. The first-order valence-corrected chi connectivity index (χ1v) is 10.9. The lowest BCUT2D eigenvalue weighted by Crippen LogP contribution is -2.38. The van der Waals surface area contributed by atoms with Gasteiger partial charge in [0.05, 0.1) is 24.8 Å². The van der Waals surface area contributed by atoms with E-state index in [1.165, 1.54) is 5.56 Å². The van der Waals surface area contributed by atoms with Gasteiger partial charge in [0.25, 0.3) is 5.91 Å². The van der Waals surface area contributed by atoms with Crippen LogP contribution in [-0.4, -0.2) is 47.1 Å². The number of likely N-dealkylation sites (tertiary alicyclic amines) is 1. The average Bonchev–Trinajstić information content (AvgIpc) is 3.24. The number of carbonyl (C=O) groups is 1. The molecule has 3 aromatic rings. The van der Waals surface area contributed by atoms with Gasteiger partial charge in [0.1, 0.15) is 5.75 Å². The Morgan fingerprint density at radius 3 is 2.61 bits per heavy atom. The molecule has 2 heterocycles. The number of ether oxygens (including phenoxy) is 1. The van der Waals surface area contributed by atoms with Crippen LogP contribution in [0.3, 0.4) is 0 Å². The number of rotatable bonds is 7. The first-order chi connectivity index (χ1) is 15.1. The van der Waals surface area contributed by atoms with Crippen molar-refractivity contribution in [3.05, 3.63) is 77.9 Å². The van der Waals surface area contributed by atoms with Crippen molar-refractivity contribution in [2.75, 3.05) is 26.7 Å². The topological polar surface area (TPSA) is 59.4 Å². The van der Waals surface area contributed by atoms with Gasteiger partial charge in [-0.15, -0.1) is 0 Å². The molecule has 1 aromatic heterocycles. The third-order valence-corrected chi connectivity index (χ3v) is 5.94. The summed E-state index contributed by atoms with van der Waals surface area (Å²) < 4.78 is 7.42. The van der Waals surface area contributed by atoms with Crippen LogP contribution in [0.2, 0.25) is 0 Å². The van der Waals surface area contributed by atoms with Gasteiger partial charge in [-0.2, -0.15) is 0 Å². The Morgan fingerprint density at radius 1 is 1.16 bits per heavy atom. The summed E-state index contributed by atoms with van der Waals surface area (Å²) in [5.74, 6) is 1.11. The maximum Gasteiger partial charge on any atom is 0.251 e. The van der Waals surface area contributed by atoms with E-state index in [-0.39, 0.29) is 5.91 Å². The molecule has 1 N–H and O–H groups in total. The van der Waals surface area contributed by atoms with Crippen LogP contribution in [0.15, 0.2) is 61.1 Å². The van der Waals surface area contributed by atoms with Crippen LogP contribution in [-0.2, 0) is 6.54 Å². The second-order valence-corrected chi connectivity index (χ2v) is 8.22. The third kappa shape index (κ3) is 5.33. The predicted octanol–water partition coefficient (Wildman–Crippen LogP) is 3.83. The van der Waals surface area contributed by atoms with Gasteiger partial charge in [-0.25, -0.2) is 4.98 Å². The summed E-state index contributed by atoms with van der Waals surface area (Å²) in [5.41, 5.74) is 3.76. The number of imidazole rings is 1. The SMILES string of the molecule is COc1cc(C(=O)NCC2CCN(Cc3ccccc3)CC2)ccc1-n1cnc(C)c1. The Morgan fingerprint density at radius 2 is 1.94 bits per heavy atom. The van der Waals surface area contributed by atoms with Crippen molar-refractivity contribution in [2.24, 2.45) is 5.92 Å². The Balaban J connectivity index is 1.29. The van der Waals surface area contributed by atoms with Gasteiger partial charge in [0, 0.05) is 24.8 Å². The number of hydrogen-bond donors (Lipinski definition) is 1. The second kappa shape index (κ2) is 9.79. The maximum absolute atomic E-state index is 12.7. The fraction of sp³-hybridized carbons (Fsp3) is 0.360. The van der Waals surface area contributed by atoms with Gasteiger partial charge in [-0.1, -0.05) is 30.3 Å². The lowest BCUT2D eigenvalue weighted by atomic mass is 9.96. The number of benzene rings is 2. The summed E-state index contributed by atoms with van der Waals surface area (Å²) in [5, 5.41) is 3.12. The van der Waals surface area contributed by atoms with Gasteiger partial charge >= 0.3 is 0 Å². The largest absolute Gasteiger partial charge is 0.495 e. The van der Waals surface area contributed by atoms with E-state index in [2.05, 4.69) is 45.5 Å². The van der Waals surface area contributed by atoms with Crippen molar-refractivity contribution in [2.45, 2.75) is 26.3 Å². The molecule has 2 aromatic carbocycles. The number of piperidine rings is 1. The quantitative estimate of drug-likeness (QED) is 0.634. The van der Waals surface area contributed by atoms with E-state index >= 15 is 0 Å². The Kier molecular flexibility index (Phi) is 6.67. The van der Waals surface area contributed by atoms with Crippen molar-refractivity contribution in [1.82, 2.24) is 19.8 Å². The minimum absolute atomic E-state index is 0.0571. The van der Waals surface area contributed by atoms with Crippen molar-refractivity contribution in [1.29, 1.82) is 0 Å². The molecular formula is C25H30N4O2. The molecule has 162 valence electrons. The molecule has 0 unspecified atom stereocenters. The van der Waals surface area contributed by atoms with Gasteiger partial charge < -0.3 is 14.6 Å². The smallest absolute Gasteiger partial charge is 0.251 e. The highest BCUT2D eigenvalue weighted by Gasteiger charge is 2.20. The molecule has 0 aliphatic carbocycles. The molecule has 0 bridgehead atoms. The number of nitrogens with zero attached hydrogens (tertiary/aromatic N) is 3. The average molecular weight is 419 g/mol. The number of aromatic nitrogens is 2. The maximum atomic E-state index is 12.7. The molecule has 0 saturated carbocycles. The molecule has 0 radical (unpaired) electrons. The van der Waals surface area contributed by atoms with Gasteiger partial charge in [0.2, 0.25) is 0 Å². The van der Waals surface area contributed by atoms with E-state index < -0.39 is 0 Å². The number of hydrogen-bond acceptors (Lipinski definition) is 4. The Labute approximate surface area is 183 Å². The molecule has 6 nitrogen and oxygen atoms in total. The monoisotopic (exact) mass is 418 g/mol. The molecule has 4 rings (SSSR count). The number of amides is 1. The summed E-state index contributed by atoms with van der Waals surface area (Å²) in [6, 6.07) is 16.1. The van der Waals surface area contributed by atoms with Crippen LogP contribution in [0.4, 0.5) is 0 Å². The molecule has 6 heteroatoms. The molecule has 0 atom stereocenters. The number of nitrogens with one attached hydrogen (secondary N) is 1. The predicted molar refractivity (Wildman–Crippen MR) is 122 cm³/mol. The van der Waals surface area contributed by atoms with Gasteiger partial charge in [-0.05, 0) is 62.5 Å². The molecule has 1 aliphatic rings. The van der Waals surface area contributed by atoms with Crippen molar-refractivity contribution < 1.29 is 9.53 Å². The van der Waals surface area contributed by atoms with Gasteiger partial charge in [0.15, 0.2) is 0 Å². The van der Waals surface area contributed by atoms with Crippen molar-refractivity contribution >= 4 is 5.91 Å². The van der Waals surface area contributed by atoms with Crippen LogP contribution < -0.4 is 10.1 Å². The lowest BCUT2D eigenvalue weighted by Gasteiger charge is -2.32. The molecule has 0 spiro atoms. The standard InChI is InChI=1S/C25H30N4O2/c1-19-16-29(18-27-19)23-9-8-22(14-24(23)31-2)25(30)26-15-20-10-12-28(13-11-20)17-21-6-4-3-5-7-21/h3-9,14,16,18,20H,10-13,15,17H2,1-2H3,(H,26,30). The van der Waals surface area contributed by atoms with E-state index in [1.807, 2.05) is 29.8 Å². The van der Waals surface area contributed by atoms with E-state index in [9.17, 15) is 4.79 Å². The highest BCUT2D eigenvalue weighted by molar-refractivity contribution is 5.95. The first kappa shape index (κ1) is 21.1.